The molecule has 138 valence electrons. The number of fused-ring (bicyclic) bond motifs is 1. The van der Waals surface area contributed by atoms with Crippen LogP contribution in [-0.4, -0.2) is 4.98 Å². The molecule has 0 atom stereocenters. The van der Waals surface area contributed by atoms with Crippen LogP contribution in [-0.2, 0) is 0 Å². The number of aromatic amines is 1. The molecule has 2 nitrogen and oxygen atoms in total. The molecule has 0 aliphatic carbocycles. The number of allylic oxidation sites excluding steroid dienone is 1. The zero-order valence-electron chi connectivity index (χ0n) is 15.7. The molecule has 0 spiro atoms. The molecule has 1 aromatic heterocycles. The summed E-state index contributed by atoms with van der Waals surface area (Å²) in [5.74, 6) is -0.241. The van der Waals surface area contributed by atoms with Crippen LogP contribution in [0.2, 0.25) is 0 Å². The SMILES string of the molecule is C=C(N/C(=C(\C)c1ccc(F)cc1)c1ccccc1)c1ccc2[nH]ccc2c1. The molecule has 4 aromatic rings. The van der Waals surface area contributed by atoms with Gasteiger partial charge in [0.25, 0.3) is 0 Å². The number of benzene rings is 3. The number of nitrogens with one attached hydrogen (secondary N) is 2. The van der Waals surface area contributed by atoms with E-state index in [1.54, 1.807) is 12.1 Å². The van der Waals surface area contributed by atoms with Crippen LogP contribution >= 0.6 is 0 Å². The summed E-state index contributed by atoms with van der Waals surface area (Å²) in [4.78, 5) is 3.21. The minimum atomic E-state index is -0.241. The normalized spacial score (nSPS) is 11.9. The molecule has 3 heteroatoms. The van der Waals surface area contributed by atoms with Crippen molar-refractivity contribution < 1.29 is 4.39 Å². The van der Waals surface area contributed by atoms with Gasteiger partial charge < -0.3 is 10.3 Å². The lowest BCUT2D eigenvalue weighted by molar-refractivity contribution is 0.627. The highest BCUT2D eigenvalue weighted by Crippen LogP contribution is 2.27. The third-order valence-corrected chi connectivity index (χ3v) is 4.89. The Hall–Kier alpha value is -3.59. The Bertz CT molecular complexity index is 1150. The molecule has 3 aromatic carbocycles. The van der Waals surface area contributed by atoms with Gasteiger partial charge in [-0.3, -0.25) is 0 Å². The Morgan fingerprint density at radius 1 is 0.857 bits per heavy atom. The monoisotopic (exact) mass is 368 g/mol. The van der Waals surface area contributed by atoms with Crippen LogP contribution in [0.15, 0.2) is 91.6 Å². The van der Waals surface area contributed by atoms with E-state index in [1.807, 2.05) is 43.5 Å². The second kappa shape index (κ2) is 7.57. The molecule has 2 N–H and O–H groups in total. The number of rotatable bonds is 5. The van der Waals surface area contributed by atoms with Gasteiger partial charge in [-0.05, 0) is 59.5 Å². The molecule has 28 heavy (non-hydrogen) atoms. The zero-order valence-corrected chi connectivity index (χ0v) is 15.7. The van der Waals surface area contributed by atoms with Crippen molar-refractivity contribution >= 4 is 27.9 Å². The number of halogens is 1. The summed E-state index contributed by atoms with van der Waals surface area (Å²) >= 11 is 0. The highest BCUT2D eigenvalue weighted by Gasteiger charge is 2.11. The maximum atomic E-state index is 13.4. The lowest BCUT2D eigenvalue weighted by Gasteiger charge is -2.18. The highest BCUT2D eigenvalue weighted by molar-refractivity contribution is 5.93. The van der Waals surface area contributed by atoms with E-state index in [9.17, 15) is 4.39 Å². The van der Waals surface area contributed by atoms with Gasteiger partial charge in [0.1, 0.15) is 5.82 Å². The fraction of sp³-hybridized carbons (Fsp3) is 0.0400. The third kappa shape index (κ3) is 3.60. The first-order chi connectivity index (χ1) is 13.6. The highest BCUT2D eigenvalue weighted by atomic mass is 19.1. The summed E-state index contributed by atoms with van der Waals surface area (Å²) in [6.45, 7) is 6.29. The topological polar surface area (TPSA) is 27.8 Å². The Balaban J connectivity index is 1.74. The maximum Gasteiger partial charge on any atom is 0.123 e. The van der Waals surface area contributed by atoms with Gasteiger partial charge in [-0.25, -0.2) is 4.39 Å². The Kier molecular flexibility index (Phi) is 4.81. The van der Waals surface area contributed by atoms with Crippen molar-refractivity contribution in [2.45, 2.75) is 6.92 Å². The molecule has 0 aliphatic rings. The third-order valence-electron chi connectivity index (χ3n) is 4.89. The molecule has 0 aliphatic heterocycles. The number of hydrogen-bond acceptors (Lipinski definition) is 1. The summed E-state index contributed by atoms with van der Waals surface area (Å²) in [6, 6.07) is 24.9. The molecule has 0 amide bonds. The van der Waals surface area contributed by atoms with E-state index in [2.05, 4.69) is 41.1 Å². The molecular formula is C25H21FN2. The zero-order chi connectivity index (χ0) is 19.5. The number of H-pyrrole nitrogens is 1. The van der Waals surface area contributed by atoms with E-state index in [-0.39, 0.29) is 5.82 Å². The fourth-order valence-electron chi connectivity index (χ4n) is 3.30. The summed E-state index contributed by atoms with van der Waals surface area (Å²) in [5, 5.41) is 4.64. The van der Waals surface area contributed by atoms with Crippen LogP contribution in [0.5, 0.6) is 0 Å². The number of hydrogen-bond donors (Lipinski definition) is 2. The van der Waals surface area contributed by atoms with Gasteiger partial charge in [-0.1, -0.05) is 55.1 Å². The molecular weight excluding hydrogens is 347 g/mol. The van der Waals surface area contributed by atoms with Gasteiger partial charge in [-0.2, -0.15) is 0 Å². The van der Waals surface area contributed by atoms with Gasteiger partial charge >= 0.3 is 0 Å². The Morgan fingerprint density at radius 2 is 1.57 bits per heavy atom. The number of aromatic nitrogens is 1. The van der Waals surface area contributed by atoms with E-state index >= 15 is 0 Å². The average Bonchev–Trinajstić information content (AvgIpc) is 3.20. The Labute approximate surface area is 164 Å². The fourth-order valence-corrected chi connectivity index (χ4v) is 3.30. The van der Waals surface area contributed by atoms with Crippen molar-refractivity contribution in [3.63, 3.8) is 0 Å². The Morgan fingerprint density at radius 3 is 2.32 bits per heavy atom. The van der Waals surface area contributed by atoms with Crippen molar-refractivity contribution in [3.05, 3.63) is 114 Å². The molecule has 0 unspecified atom stereocenters. The predicted molar refractivity (Wildman–Crippen MR) is 116 cm³/mol. The van der Waals surface area contributed by atoms with Crippen molar-refractivity contribution in [1.82, 2.24) is 10.3 Å². The minimum absolute atomic E-state index is 0.241. The second-order valence-electron chi connectivity index (χ2n) is 6.76. The second-order valence-corrected chi connectivity index (χ2v) is 6.76. The molecule has 0 radical (unpaired) electrons. The first-order valence-corrected chi connectivity index (χ1v) is 9.17. The summed E-state index contributed by atoms with van der Waals surface area (Å²) < 4.78 is 13.4. The maximum absolute atomic E-state index is 13.4. The van der Waals surface area contributed by atoms with Crippen LogP contribution in [0.1, 0.15) is 23.6 Å². The standard InChI is InChI=1S/C25H21FN2/c1-17(19-8-11-23(26)12-9-19)25(20-6-4-3-5-7-20)28-18(2)21-10-13-24-22(16-21)14-15-27-24/h3-16,27-28H,2H2,1H3/b25-17+. The van der Waals surface area contributed by atoms with Gasteiger partial charge in [-0.15, -0.1) is 0 Å². The smallest absolute Gasteiger partial charge is 0.123 e. The summed E-state index contributed by atoms with van der Waals surface area (Å²) in [6.07, 6.45) is 1.93. The molecule has 0 fully saturated rings. The van der Waals surface area contributed by atoms with Crippen molar-refractivity contribution in [1.29, 1.82) is 0 Å². The van der Waals surface area contributed by atoms with Crippen LogP contribution in [0.25, 0.3) is 27.9 Å². The molecule has 4 rings (SSSR count). The van der Waals surface area contributed by atoms with E-state index in [4.69, 9.17) is 0 Å². The molecule has 0 saturated heterocycles. The lowest BCUT2D eigenvalue weighted by atomic mass is 10.00. The van der Waals surface area contributed by atoms with Crippen LogP contribution in [0.3, 0.4) is 0 Å². The van der Waals surface area contributed by atoms with E-state index < -0.39 is 0 Å². The lowest BCUT2D eigenvalue weighted by Crippen LogP contribution is -2.12. The first-order valence-electron chi connectivity index (χ1n) is 9.17. The van der Waals surface area contributed by atoms with Crippen LogP contribution < -0.4 is 5.32 Å². The van der Waals surface area contributed by atoms with E-state index in [1.165, 1.54) is 12.1 Å². The predicted octanol–water partition coefficient (Wildman–Crippen LogP) is 6.46. The first kappa shape index (κ1) is 17.8. The van der Waals surface area contributed by atoms with Crippen molar-refractivity contribution in [3.8, 4) is 0 Å². The summed E-state index contributed by atoms with van der Waals surface area (Å²) in [5.41, 5.74) is 6.91. The van der Waals surface area contributed by atoms with Gasteiger partial charge in [0, 0.05) is 28.5 Å². The largest absolute Gasteiger partial charge is 0.361 e. The molecule has 0 bridgehead atoms. The minimum Gasteiger partial charge on any atom is -0.361 e. The molecule has 1 heterocycles. The quantitative estimate of drug-likeness (QED) is 0.389. The van der Waals surface area contributed by atoms with Gasteiger partial charge in [0.15, 0.2) is 0 Å². The van der Waals surface area contributed by atoms with E-state index in [0.717, 1.165) is 44.6 Å². The summed E-state index contributed by atoms with van der Waals surface area (Å²) in [7, 11) is 0. The van der Waals surface area contributed by atoms with Crippen LogP contribution in [0.4, 0.5) is 4.39 Å². The molecule has 0 saturated carbocycles. The van der Waals surface area contributed by atoms with E-state index in [0.29, 0.717) is 0 Å². The van der Waals surface area contributed by atoms with Gasteiger partial charge in [0.05, 0.1) is 0 Å². The average molecular weight is 368 g/mol. The van der Waals surface area contributed by atoms with Gasteiger partial charge in [0.2, 0.25) is 0 Å². The van der Waals surface area contributed by atoms with Crippen molar-refractivity contribution in [2.24, 2.45) is 0 Å². The van der Waals surface area contributed by atoms with Crippen molar-refractivity contribution in [2.75, 3.05) is 0 Å². The van der Waals surface area contributed by atoms with Crippen LogP contribution in [0, 0.1) is 5.82 Å².